The molecule has 0 aromatic heterocycles. The fraction of sp³-hybridized carbons (Fsp3) is 0.440. The van der Waals surface area contributed by atoms with E-state index in [1.165, 1.54) is 37.2 Å². The summed E-state index contributed by atoms with van der Waals surface area (Å²) in [6, 6.07) is 3.37. The maximum atomic E-state index is 13.8. The highest BCUT2D eigenvalue weighted by molar-refractivity contribution is 6.32. The summed E-state index contributed by atoms with van der Waals surface area (Å²) in [4.78, 5) is 67.2. The van der Waals surface area contributed by atoms with Gasteiger partial charge in [-0.1, -0.05) is 19.1 Å². The number of likely N-dealkylation sites (N-methyl/N-ethyl adjacent to an activating group) is 1. The fourth-order valence-corrected chi connectivity index (χ4v) is 6.27. The van der Waals surface area contributed by atoms with Crippen molar-refractivity contribution in [1.29, 1.82) is 5.26 Å². The van der Waals surface area contributed by atoms with Gasteiger partial charge in [-0.05, 0) is 31.7 Å². The number of nitriles is 1. The van der Waals surface area contributed by atoms with Gasteiger partial charge in [0.1, 0.15) is 5.75 Å². The number of aliphatic hydroxyl groups is 2. The highest BCUT2D eigenvalue weighted by Crippen LogP contribution is 2.54. The Hall–Kier alpha value is -3.72. The summed E-state index contributed by atoms with van der Waals surface area (Å²) < 4.78 is 0. The zero-order valence-corrected chi connectivity index (χ0v) is 19.7. The quantitative estimate of drug-likeness (QED) is 0.296. The summed E-state index contributed by atoms with van der Waals surface area (Å²) in [7, 11) is 2.86. The number of primary amides is 1. The number of ketones is 4. The first-order valence-electron chi connectivity index (χ1n) is 11.3. The molecule has 8 atom stereocenters. The third kappa shape index (κ3) is 3.12. The second-order valence-corrected chi connectivity index (χ2v) is 9.80. The zero-order valence-electron chi connectivity index (χ0n) is 19.7. The molecule has 1 aromatic rings. The molecule has 3 aliphatic rings. The summed E-state index contributed by atoms with van der Waals surface area (Å²) in [6.45, 7) is 1.62. The molecule has 0 bridgehead atoms. The van der Waals surface area contributed by atoms with Crippen molar-refractivity contribution in [3.63, 3.8) is 0 Å². The van der Waals surface area contributed by atoms with Gasteiger partial charge in [-0.25, -0.2) is 0 Å². The molecule has 3 aliphatic carbocycles. The number of benzene rings is 1. The third-order valence-electron chi connectivity index (χ3n) is 7.86. The Balaban J connectivity index is 1.95. The number of rotatable bonds is 3. The Morgan fingerprint density at radius 1 is 1.19 bits per heavy atom. The Kier molecular flexibility index (Phi) is 5.95. The number of hydrogen-bond donors (Lipinski definition) is 4. The molecule has 2 saturated carbocycles. The molecule has 36 heavy (non-hydrogen) atoms. The van der Waals surface area contributed by atoms with E-state index >= 15 is 0 Å². The van der Waals surface area contributed by atoms with Crippen molar-refractivity contribution in [3.8, 4) is 11.8 Å². The first kappa shape index (κ1) is 25.4. The molecule has 1 amide bonds. The molecular formula is C25H25N3O8. The highest BCUT2D eigenvalue weighted by atomic mass is 16.3. The van der Waals surface area contributed by atoms with Crippen molar-refractivity contribution >= 4 is 35.1 Å². The lowest BCUT2D eigenvalue weighted by Crippen LogP contribution is -2.77. The molecule has 2 unspecified atom stereocenters. The SMILES string of the molecule is C[C@H]1c2ccc(/C=C/C#N)c(O)c2C(=O)C2C(=O)[C@]3(O)C(=O)C(C(N)=O)C(=O)[C@@H](N(C)C)[C@@H]3[C@@H](O)[C@@H]21. The monoisotopic (exact) mass is 495 g/mol. The van der Waals surface area contributed by atoms with Crippen LogP contribution in [0.3, 0.4) is 0 Å². The van der Waals surface area contributed by atoms with Gasteiger partial charge in [0.15, 0.2) is 34.7 Å². The van der Waals surface area contributed by atoms with Gasteiger partial charge in [0, 0.05) is 17.6 Å². The van der Waals surface area contributed by atoms with Gasteiger partial charge in [0.05, 0.1) is 35.6 Å². The lowest BCUT2D eigenvalue weighted by Gasteiger charge is -2.56. The molecule has 0 aliphatic heterocycles. The number of carbonyl (C=O) groups is 5. The fourth-order valence-electron chi connectivity index (χ4n) is 6.27. The van der Waals surface area contributed by atoms with Crippen molar-refractivity contribution in [2.24, 2.45) is 29.4 Å². The number of aliphatic hydroxyl groups excluding tert-OH is 1. The predicted molar refractivity (Wildman–Crippen MR) is 122 cm³/mol. The van der Waals surface area contributed by atoms with Crippen LogP contribution in [0.2, 0.25) is 0 Å². The van der Waals surface area contributed by atoms with Crippen molar-refractivity contribution in [2.75, 3.05) is 14.1 Å². The van der Waals surface area contributed by atoms with Crippen LogP contribution in [0.1, 0.15) is 34.3 Å². The van der Waals surface area contributed by atoms with Gasteiger partial charge in [-0.2, -0.15) is 5.26 Å². The van der Waals surface area contributed by atoms with Gasteiger partial charge in [0.2, 0.25) is 5.91 Å². The standard InChI is InChI=1S/C25H25N3O8/c1-9-11-7-6-10(5-4-8-26)18(29)13(11)19(30)14-12(9)20(31)16-17(28(2)3)21(32)15(24(27)35)23(34)25(16,36)22(14)33/h4-7,9,12,14-17,20,29,31,36H,1-3H3,(H2,27,35)/b5-4+/t9-,12+,14?,15?,16+,17-,20-,25-/m0/s1. The second kappa shape index (κ2) is 8.44. The van der Waals surface area contributed by atoms with E-state index in [4.69, 9.17) is 11.0 Å². The van der Waals surface area contributed by atoms with Crippen molar-refractivity contribution in [3.05, 3.63) is 34.9 Å². The maximum Gasteiger partial charge on any atom is 0.235 e. The molecule has 5 N–H and O–H groups in total. The van der Waals surface area contributed by atoms with Gasteiger partial charge in [-0.15, -0.1) is 0 Å². The minimum Gasteiger partial charge on any atom is -0.507 e. The van der Waals surface area contributed by atoms with E-state index in [9.17, 15) is 39.3 Å². The van der Waals surface area contributed by atoms with Crippen LogP contribution in [0.15, 0.2) is 18.2 Å². The molecule has 11 nitrogen and oxygen atoms in total. The van der Waals surface area contributed by atoms with Crippen LogP contribution < -0.4 is 5.73 Å². The van der Waals surface area contributed by atoms with E-state index in [1.54, 1.807) is 13.0 Å². The summed E-state index contributed by atoms with van der Waals surface area (Å²) in [5.74, 6) is -13.8. The largest absolute Gasteiger partial charge is 0.507 e. The van der Waals surface area contributed by atoms with Crippen molar-refractivity contribution in [2.45, 2.75) is 30.6 Å². The smallest absolute Gasteiger partial charge is 0.235 e. The molecule has 4 rings (SSSR count). The van der Waals surface area contributed by atoms with Gasteiger partial charge in [0.25, 0.3) is 0 Å². The Labute approximate surface area is 205 Å². The van der Waals surface area contributed by atoms with Gasteiger partial charge in [-0.3, -0.25) is 28.9 Å². The van der Waals surface area contributed by atoms with Crippen molar-refractivity contribution < 1.29 is 39.3 Å². The number of hydrogen-bond acceptors (Lipinski definition) is 10. The second-order valence-electron chi connectivity index (χ2n) is 9.80. The molecule has 188 valence electrons. The van der Waals surface area contributed by atoms with Gasteiger partial charge >= 0.3 is 0 Å². The number of allylic oxidation sites excluding steroid dienone is 1. The average molecular weight is 495 g/mol. The lowest BCUT2D eigenvalue weighted by atomic mass is 9.49. The first-order valence-corrected chi connectivity index (χ1v) is 11.3. The molecule has 2 fully saturated rings. The lowest BCUT2D eigenvalue weighted by molar-refractivity contribution is -0.196. The molecule has 0 radical (unpaired) electrons. The van der Waals surface area contributed by atoms with Crippen LogP contribution in [-0.4, -0.2) is 81.1 Å². The minimum atomic E-state index is -3.04. The summed E-state index contributed by atoms with van der Waals surface area (Å²) in [5, 5.41) is 42.7. The summed E-state index contributed by atoms with van der Waals surface area (Å²) in [6.07, 6.45) is 0.683. The topological polar surface area (TPSA) is 199 Å². The predicted octanol–water partition coefficient (Wildman–Crippen LogP) is -1.06. The third-order valence-corrected chi connectivity index (χ3v) is 7.86. The van der Waals surface area contributed by atoms with Gasteiger partial charge < -0.3 is 21.1 Å². The van der Waals surface area contributed by atoms with E-state index in [0.717, 1.165) is 6.08 Å². The highest BCUT2D eigenvalue weighted by Gasteiger charge is 2.72. The van der Waals surface area contributed by atoms with Crippen LogP contribution >= 0.6 is 0 Å². The van der Waals surface area contributed by atoms with Crippen LogP contribution in [0.4, 0.5) is 0 Å². The van der Waals surface area contributed by atoms with Crippen LogP contribution in [0.5, 0.6) is 5.75 Å². The number of nitrogens with two attached hydrogens (primary N) is 1. The first-order chi connectivity index (χ1) is 16.8. The molecule has 0 spiro atoms. The summed E-state index contributed by atoms with van der Waals surface area (Å²) >= 11 is 0. The molecule has 0 heterocycles. The van der Waals surface area contributed by atoms with E-state index in [-0.39, 0.29) is 11.1 Å². The number of nitrogens with zero attached hydrogens (tertiary/aromatic N) is 2. The van der Waals surface area contributed by atoms with E-state index < -0.39 is 82.1 Å². The minimum absolute atomic E-state index is 0.135. The molecular weight excluding hydrogens is 470 g/mol. The Morgan fingerprint density at radius 2 is 1.83 bits per heavy atom. The zero-order chi connectivity index (χ0) is 26.9. The maximum absolute atomic E-state index is 13.8. The van der Waals surface area contributed by atoms with E-state index in [1.807, 2.05) is 0 Å². The Bertz CT molecular complexity index is 1290. The number of Topliss-reactive ketones (excluding diaryl/α,β-unsaturated/α-hetero) is 4. The van der Waals surface area contributed by atoms with Crippen LogP contribution in [0.25, 0.3) is 6.08 Å². The summed E-state index contributed by atoms with van der Waals surface area (Å²) in [5.41, 5.74) is 2.48. The number of amides is 1. The number of carbonyl (C=O) groups excluding carboxylic acids is 5. The number of phenols is 1. The van der Waals surface area contributed by atoms with E-state index in [2.05, 4.69) is 0 Å². The van der Waals surface area contributed by atoms with Crippen molar-refractivity contribution in [1.82, 2.24) is 4.90 Å². The normalized spacial score (nSPS) is 35.9. The number of fused-ring (bicyclic) bond motifs is 3. The van der Waals surface area contributed by atoms with E-state index in [0.29, 0.717) is 5.56 Å². The number of aromatic hydroxyl groups is 1. The number of phenolic OH excluding ortho intramolecular Hbond substituents is 1. The molecule has 11 heteroatoms. The van der Waals surface area contributed by atoms with Crippen LogP contribution in [0, 0.1) is 35.0 Å². The van der Waals surface area contributed by atoms with Crippen LogP contribution in [-0.2, 0) is 19.2 Å². The average Bonchev–Trinajstić information content (AvgIpc) is 2.80. The molecule has 1 aromatic carbocycles. The Morgan fingerprint density at radius 3 is 2.39 bits per heavy atom. The molecule has 0 saturated heterocycles.